The molecule has 0 aromatic heterocycles. The zero-order valence-electron chi connectivity index (χ0n) is 9.23. The average Bonchev–Trinajstić information content (AvgIpc) is 2.95. The van der Waals surface area contributed by atoms with E-state index in [-0.39, 0.29) is 0 Å². The molecule has 0 aliphatic heterocycles. The summed E-state index contributed by atoms with van der Waals surface area (Å²) in [7, 11) is 0. The monoisotopic (exact) mass is 190 g/mol. The lowest BCUT2D eigenvalue weighted by molar-refractivity contribution is 0.199. The third-order valence-electron chi connectivity index (χ3n) is 4.79. The van der Waals surface area contributed by atoms with Gasteiger partial charge in [-0.3, -0.25) is 0 Å². The van der Waals surface area contributed by atoms with Gasteiger partial charge < -0.3 is 0 Å². The SMILES string of the molecule is C1=C(C2(C3CC3)CCCCC2)CCC1. The first-order chi connectivity index (χ1) is 6.92. The molecule has 0 nitrogen and oxygen atoms in total. The molecule has 0 heteroatoms. The summed E-state index contributed by atoms with van der Waals surface area (Å²) >= 11 is 0. The Labute approximate surface area is 87.8 Å². The van der Waals surface area contributed by atoms with Crippen molar-refractivity contribution in [3.05, 3.63) is 11.6 Å². The van der Waals surface area contributed by atoms with E-state index >= 15 is 0 Å². The molecule has 0 atom stereocenters. The largest absolute Gasteiger partial charge is 0.0847 e. The minimum Gasteiger partial charge on any atom is -0.0847 e. The highest BCUT2D eigenvalue weighted by atomic mass is 14.5. The number of rotatable bonds is 2. The van der Waals surface area contributed by atoms with Crippen molar-refractivity contribution in [1.82, 2.24) is 0 Å². The molecule has 0 bridgehead atoms. The van der Waals surface area contributed by atoms with Crippen molar-refractivity contribution < 1.29 is 0 Å². The molecule has 14 heavy (non-hydrogen) atoms. The van der Waals surface area contributed by atoms with Crippen molar-refractivity contribution >= 4 is 0 Å². The summed E-state index contributed by atoms with van der Waals surface area (Å²) < 4.78 is 0. The van der Waals surface area contributed by atoms with E-state index in [0.29, 0.717) is 0 Å². The predicted octanol–water partition coefficient (Wildman–Crippen LogP) is 4.46. The van der Waals surface area contributed by atoms with Crippen LogP contribution in [0.15, 0.2) is 11.6 Å². The van der Waals surface area contributed by atoms with Gasteiger partial charge in [-0.05, 0) is 56.3 Å². The zero-order valence-corrected chi connectivity index (χ0v) is 9.23. The maximum atomic E-state index is 2.60. The highest BCUT2D eigenvalue weighted by Gasteiger charge is 2.47. The van der Waals surface area contributed by atoms with E-state index in [9.17, 15) is 0 Å². The van der Waals surface area contributed by atoms with E-state index in [1.807, 2.05) is 5.57 Å². The molecule has 2 fully saturated rings. The van der Waals surface area contributed by atoms with Gasteiger partial charge >= 0.3 is 0 Å². The minimum absolute atomic E-state index is 0.731. The third-order valence-corrected chi connectivity index (χ3v) is 4.79. The minimum atomic E-state index is 0.731. The number of hydrogen-bond donors (Lipinski definition) is 0. The fourth-order valence-electron chi connectivity index (χ4n) is 3.93. The molecule has 0 aromatic carbocycles. The van der Waals surface area contributed by atoms with Crippen molar-refractivity contribution in [2.24, 2.45) is 11.3 Å². The summed E-state index contributed by atoms with van der Waals surface area (Å²) in [4.78, 5) is 0. The van der Waals surface area contributed by atoms with E-state index in [1.54, 1.807) is 0 Å². The van der Waals surface area contributed by atoms with Gasteiger partial charge in [0.25, 0.3) is 0 Å². The summed E-state index contributed by atoms with van der Waals surface area (Å²) in [6.07, 6.45) is 17.5. The Morgan fingerprint density at radius 3 is 2.36 bits per heavy atom. The molecule has 0 unspecified atom stereocenters. The van der Waals surface area contributed by atoms with Crippen molar-refractivity contribution in [3.63, 3.8) is 0 Å². The van der Waals surface area contributed by atoms with Gasteiger partial charge in [0.1, 0.15) is 0 Å². The molecule has 3 aliphatic carbocycles. The summed E-state index contributed by atoms with van der Waals surface area (Å²) in [6, 6.07) is 0. The van der Waals surface area contributed by atoms with Gasteiger partial charge in [-0.2, -0.15) is 0 Å². The molecular formula is C14H22. The van der Waals surface area contributed by atoms with Crippen LogP contribution in [0.5, 0.6) is 0 Å². The summed E-state index contributed by atoms with van der Waals surface area (Å²) in [6.45, 7) is 0. The van der Waals surface area contributed by atoms with Crippen LogP contribution in [0, 0.1) is 11.3 Å². The quantitative estimate of drug-likeness (QED) is 0.564. The fraction of sp³-hybridized carbons (Fsp3) is 0.857. The Morgan fingerprint density at radius 1 is 1.00 bits per heavy atom. The van der Waals surface area contributed by atoms with E-state index in [4.69, 9.17) is 0 Å². The second-order valence-corrected chi connectivity index (χ2v) is 5.61. The molecule has 0 N–H and O–H groups in total. The summed E-state index contributed by atoms with van der Waals surface area (Å²) in [5.41, 5.74) is 2.62. The number of hydrogen-bond acceptors (Lipinski definition) is 0. The molecule has 0 saturated heterocycles. The first-order valence-electron chi connectivity index (χ1n) is 6.61. The molecule has 0 heterocycles. The predicted molar refractivity (Wildman–Crippen MR) is 60.2 cm³/mol. The average molecular weight is 190 g/mol. The standard InChI is InChI=1S/C14H22/c1-4-10-14(11-5-1,13-8-9-13)12-6-2-3-7-12/h6,13H,1-5,7-11H2. The molecule has 3 aliphatic rings. The Balaban J connectivity index is 1.85. The van der Waals surface area contributed by atoms with E-state index in [2.05, 4.69) is 6.08 Å². The van der Waals surface area contributed by atoms with Crippen LogP contribution in [0.25, 0.3) is 0 Å². The Bertz CT molecular complexity index is 239. The van der Waals surface area contributed by atoms with Crippen LogP contribution in [0.1, 0.15) is 64.2 Å². The summed E-state index contributed by atoms with van der Waals surface area (Å²) in [5, 5.41) is 0. The van der Waals surface area contributed by atoms with Gasteiger partial charge in [0.05, 0.1) is 0 Å². The van der Waals surface area contributed by atoms with Crippen LogP contribution in [0.4, 0.5) is 0 Å². The van der Waals surface area contributed by atoms with Gasteiger partial charge in [0.15, 0.2) is 0 Å². The molecule has 0 aromatic rings. The molecule has 0 spiro atoms. The highest BCUT2D eigenvalue weighted by Crippen LogP contribution is 2.59. The number of allylic oxidation sites excluding steroid dienone is 2. The second-order valence-electron chi connectivity index (χ2n) is 5.61. The Kier molecular flexibility index (Phi) is 2.18. The van der Waals surface area contributed by atoms with Gasteiger partial charge in [-0.1, -0.05) is 30.9 Å². The van der Waals surface area contributed by atoms with E-state index in [0.717, 1.165) is 11.3 Å². The third kappa shape index (κ3) is 1.34. The van der Waals surface area contributed by atoms with Crippen molar-refractivity contribution in [3.8, 4) is 0 Å². The Morgan fingerprint density at radius 2 is 1.79 bits per heavy atom. The lowest BCUT2D eigenvalue weighted by Gasteiger charge is -2.39. The van der Waals surface area contributed by atoms with Crippen molar-refractivity contribution in [2.45, 2.75) is 64.2 Å². The van der Waals surface area contributed by atoms with Crippen molar-refractivity contribution in [2.75, 3.05) is 0 Å². The van der Waals surface area contributed by atoms with Crippen LogP contribution in [-0.2, 0) is 0 Å². The molecule has 3 rings (SSSR count). The van der Waals surface area contributed by atoms with E-state index < -0.39 is 0 Å². The lowest BCUT2D eigenvalue weighted by Crippen LogP contribution is -2.28. The summed E-state index contributed by atoms with van der Waals surface area (Å²) in [5.74, 6) is 1.10. The first-order valence-corrected chi connectivity index (χ1v) is 6.61. The molecule has 0 radical (unpaired) electrons. The van der Waals surface area contributed by atoms with Crippen LogP contribution in [0.3, 0.4) is 0 Å². The van der Waals surface area contributed by atoms with Gasteiger partial charge in [0.2, 0.25) is 0 Å². The fourth-order valence-corrected chi connectivity index (χ4v) is 3.93. The van der Waals surface area contributed by atoms with Gasteiger partial charge in [0, 0.05) is 0 Å². The van der Waals surface area contributed by atoms with Crippen LogP contribution in [-0.4, -0.2) is 0 Å². The topological polar surface area (TPSA) is 0 Å². The molecule has 78 valence electrons. The van der Waals surface area contributed by atoms with Crippen LogP contribution < -0.4 is 0 Å². The molecular weight excluding hydrogens is 168 g/mol. The molecule has 2 saturated carbocycles. The molecule has 0 amide bonds. The zero-order chi connectivity index (χ0) is 9.43. The lowest BCUT2D eigenvalue weighted by atomic mass is 9.65. The second kappa shape index (κ2) is 3.40. The van der Waals surface area contributed by atoms with Crippen LogP contribution >= 0.6 is 0 Å². The van der Waals surface area contributed by atoms with Gasteiger partial charge in [-0.25, -0.2) is 0 Å². The normalized spacial score (nSPS) is 31.6. The van der Waals surface area contributed by atoms with Crippen LogP contribution in [0.2, 0.25) is 0 Å². The smallest absolute Gasteiger partial charge is 0.00599 e. The Hall–Kier alpha value is -0.260. The maximum absolute atomic E-state index is 2.60. The highest BCUT2D eigenvalue weighted by molar-refractivity contribution is 5.22. The van der Waals surface area contributed by atoms with Gasteiger partial charge in [-0.15, -0.1) is 0 Å². The first kappa shape index (κ1) is 9.00. The van der Waals surface area contributed by atoms with Crippen molar-refractivity contribution in [1.29, 1.82) is 0 Å². The maximum Gasteiger partial charge on any atom is -0.00599 e. The van der Waals surface area contributed by atoms with E-state index in [1.165, 1.54) is 64.2 Å².